The van der Waals surface area contributed by atoms with Crippen molar-refractivity contribution in [1.29, 1.82) is 0 Å². The summed E-state index contributed by atoms with van der Waals surface area (Å²) in [5.41, 5.74) is 6.54. The zero-order valence-corrected chi connectivity index (χ0v) is 17.7. The average Bonchev–Trinajstić information content (AvgIpc) is 2.73. The normalized spacial score (nSPS) is 10.9. The Bertz CT molecular complexity index is 1080. The van der Waals surface area contributed by atoms with Crippen LogP contribution in [-0.2, 0) is 0 Å². The molecule has 0 atom stereocenters. The first-order valence-corrected chi connectivity index (χ1v) is 9.97. The van der Waals surface area contributed by atoms with E-state index in [0.29, 0.717) is 17.5 Å². The van der Waals surface area contributed by atoms with Crippen molar-refractivity contribution in [1.82, 2.24) is 15.0 Å². The van der Waals surface area contributed by atoms with Crippen LogP contribution in [0.2, 0.25) is 0 Å². The van der Waals surface area contributed by atoms with Crippen molar-refractivity contribution >= 4 is 15.9 Å². The summed E-state index contributed by atoms with van der Waals surface area (Å²) in [6, 6.07) is 22.2. The predicted octanol–water partition coefficient (Wildman–Crippen LogP) is 6.56. The van der Waals surface area contributed by atoms with E-state index in [-0.39, 0.29) is 0 Å². The van der Waals surface area contributed by atoms with Gasteiger partial charge in [0.25, 0.3) is 0 Å². The van der Waals surface area contributed by atoms with Crippen molar-refractivity contribution in [2.24, 2.45) is 0 Å². The van der Waals surface area contributed by atoms with Gasteiger partial charge in [0, 0.05) is 21.2 Å². The van der Waals surface area contributed by atoms with E-state index in [1.165, 1.54) is 11.1 Å². The third-order valence-electron chi connectivity index (χ3n) is 4.96. The molecule has 28 heavy (non-hydrogen) atoms. The molecule has 0 saturated heterocycles. The molecule has 4 heteroatoms. The number of hydrogen-bond acceptors (Lipinski definition) is 3. The number of aryl methyl sites for hydroxylation is 1. The molecular formula is C24H20BrN3. The summed E-state index contributed by atoms with van der Waals surface area (Å²) in [5.74, 6) is 2.07. The lowest BCUT2D eigenvalue weighted by Crippen LogP contribution is -2.03. The third-order valence-corrected chi connectivity index (χ3v) is 5.78. The van der Waals surface area contributed by atoms with Gasteiger partial charge in [-0.3, -0.25) is 0 Å². The molecule has 0 amide bonds. The van der Waals surface area contributed by atoms with E-state index in [1.807, 2.05) is 60.7 Å². The smallest absolute Gasteiger partial charge is 0.164 e. The summed E-state index contributed by atoms with van der Waals surface area (Å²) in [6.45, 7) is 6.33. The first kappa shape index (κ1) is 18.5. The number of aromatic nitrogens is 3. The largest absolute Gasteiger partial charge is 0.208 e. The molecule has 1 aromatic heterocycles. The number of nitrogens with zero attached hydrogens (tertiary/aromatic N) is 3. The second kappa shape index (κ2) is 7.64. The highest BCUT2D eigenvalue weighted by Crippen LogP contribution is 2.33. The number of hydrogen-bond donors (Lipinski definition) is 0. The maximum atomic E-state index is 4.85. The van der Waals surface area contributed by atoms with Crippen LogP contribution in [0, 0.1) is 20.8 Å². The van der Waals surface area contributed by atoms with Gasteiger partial charge in [-0.25, -0.2) is 15.0 Å². The van der Waals surface area contributed by atoms with E-state index in [2.05, 4.69) is 42.8 Å². The summed E-state index contributed by atoms with van der Waals surface area (Å²) in [4.78, 5) is 14.5. The third kappa shape index (κ3) is 3.48. The summed E-state index contributed by atoms with van der Waals surface area (Å²) in [6.07, 6.45) is 0. The Hall–Kier alpha value is -2.85. The molecule has 4 rings (SSSR count). The average molecular weight is 430 g/mol. The Balaban J connectivity index is 2.00. The first-order valence-electron chi connectivity index (χ1n) is 9.18. The molecule has 0 spiro atoms. The number of benzene rings is 3. The Kier molecular flexibility index (Phi) is 5.05. The van der Waals surface area contributed by atoms with Gasteiger partial charge in [0.05, 0.1) is 0 Å². The Morgan fingerprint density at radius 3 is 1.57 bits per heavy atom. The molecule has 0 bridgehead atoms. The Morgan fingerprint density at radius 2 is 1.07 bits per heavy atom. The van der Waals surface area contributed by atoms with Gasteiger partial charge in [0.1, 0.15) is 0 Å². The molecular weight excluding hydrogens is 410 g/mol. The van der Waals surface area contributed by atoms with E-state index >= 15 is 0 Å². The van der Waals surface area contributed by atoms with Crippen LogP contribution in [0.1, 0.15) is 16.7 Å². The van der Waals surface area contributed by atoms with E-state index < -0.39 is 0 Å². The standard InChI is InChI=1S/C24H20BrN3/c1-15-14-20(25)16(2)17(3)21(15)24-27-22(18-10-6-4-7-11-18)26-23(28-24)19-12-8-5-9-13-19/h4-14H,1-3H3. The van der Waals surface area contributed by atoms with Gasteiger partial charge in [-0.05, 0) is 43.5 Å². The van der Waals surface area contributed by atoms with Crippen molar-refractivity contribution < 1.29 is 0 Å². The van der Waals surface area contributed by atoms with Crippen LogP contribution in [-0.4, -0.2) is 15.0 Å². The van der Waals surface area contributed by atoms with E-state index in [9.17, 15) is 0 Å². The van der Waals surface area contributed by atoms with Gasteiger partial charge in [0.2, 0.25) is 0 Å². The summed E-state index contributed by atoms with van der Waals surface area (Å²) >= 11 is 3.65. The summed E-state index contributed by atoms with van der Waals surface area (Å²) in [5, 5.41) is 0. The molecule has 0 N–H and O–H groups in total. The predicted molar refractivity (Wildman–Crippen MR) is 118 cm³/mol. The van der Waals surface area contributed by atoms with Crippen molar-refractivity contribution in [3.8, 4) is 34.2 Å². The zero-order valence-electron chi connectivity index (χ0n) is 16.1. The summed E-state index contributed by atoms with van der Waals surface area (Å²) < 4.78 is 1.10. The lowest BCUT2D eigenvalue weighted by atomic mass is 9.97. The van der Waals surface area contributed by atoms with Crippen molar-refractivity contribution in [3.05, 3.63) is 87.9 Å². The van der Waals surface area contributed by atoms with Crippen LogP contribution < -0.4 is 0 Å². The molecule has 3 aromatic carbocycles. The topological polar surface area (TPSA) is 38.7 Å². The van der Waals surface area contributed by atoms with Crippen LogP contribution >= 0.6 is 15.9 Å². The van der Waals surface area contributed by atoms with Crippen LogP contribution in [0.5, 0.6) is 0 Å². The molecule has 3 nitrogen and oxygen atoms in total. The molecule has 0 radical (unpaired) electrons. The van der Waals surface area contributed by atoms with Gasteiger partial charge in [-0.1, -0.05) is 76.6 Å². The Morgan fingerprint density at radius 1 is 0.607 bits per heavy atom. The fourth-order valence-corrected chi connectivity index (χ4v) is 3.94. The number of rotatable bonds is 3. The maximum absolute atomic E-state index is 4.85. The van der Waals surface area contributed by atoms with E-state index in [1.54, 1.807) is 0 Å². The second-order valence-electron chi connectivity index (χ2n) is 6.84. The van der Waals surface area contributed by atoms with Crippen molar-refractivity contribution in [2.45, 2.75) is 20.8 Å². The van der Waals surface area contributed by atoms with Gasteiger partial charge in [-0.2, -0.15) is 0 Å². The first-order chi connectivity index (χ1) is 13.5. The van der Waals surface area contributed by atoms with Crippen LogP contribution in [0.15, 0.2) is 71.2 Å². The monoisotopic (exact) mass is 429 g/mol. The van der Waals surface area contributed by atoms with E-state index in [0.717, 1.165) is 26.7 Å². The molecule has 0 unspecified atom stereocenters. The number of halogens is 1. The van der Waals surface area contributed by atoms with Gasteiger partial charge < -0.3 is 0 Å². The highest BCUT2D eigenvalue weighted by atomic mass is 79.9. The SMILES string of the molecule is Cc1cc(Br)c(C)c(C)c1-c1nc(-c2ccccc2)nc(-c2ccccc2)n1. The molecule has 0 aliphatic rings. The quantitative estimate of drug-likeness (QED) is 0.370. The minimum Gasteiger partial charge on any atom is -0.208 e. The molecule has 4 aromatic rings. The van der Waals surface area contributed by atoms with Gasteiger partial charge in [0.15, 0.2) is 17.5 Å². The highest BCUT2D eigenvalue weighted by molar-refractivity contribution is 9.10. The fraction of sp³-hybridized carbons (Fsp3) is 0.125. The molecule has 0 aliphatic heterocycles. The molecule has 0 aliphatic carbocycles. The van der Waals surface area contributed by atoms with E-state index in [4.69, 9.17) is 15.0 Å². The van der Waals surface area contributed by atoms with Gasteiger partial charge >= 0.3 is 0 Å². The lowest BCUT2D eigenvalue weighted by Gasteiger charge is -2.15. The maximum Gasteiger partial charge on any atom is 0.164 e. The molecule has 138 valence electrons. The van der Waals surface area contributed by atoms with Crippen molar-refractivity contribution in [3.63, 3.8) is 0 Å². The highest BCUT2D eigenvalue weighted by Gasteiger charge is 2.17. The van der Waals surface area contributed by atoms with Crippen molar-refractivity contribution in [2.75, 3.05) is 0 Å². The Labute approximate surface area is 173 Å². The lowest BCUT2D eigenvalue weighted by molar-refractivity contribution is 1.06. The summed E-state index contributed by atoms with van der Waals surface area (Å²) in [7, 11) is 0. The second-order valence-corrected chi connectivity index (χ2v) is 7.69. The van der Waals surface area contributed by atoms with Crippen LogP contribution in [0.3, 0.4) is 0 Å². The molecule has 1 heterocycles. The minimum atomic E-state index is 0.684. The molecule has 0 fully saturated rings. The van der Waals surface area contributed by atoms with Crippen LogP contribution in [0.4, 0.5) is 0 Å². The van der Waals surface area contributed by atoms with Gasteiger partial charge in [-0.15, -0.1) is 0 Å². The fourth-order valence-electron chi connectivity index (χ4n) is 3.30. The zero-order chi connectivity index (χ0) is 19.7. The minimum absolute atomic E-state index is 0.684. The van der Waals surface area contributed by atoms with Crippen LogP contribution in [0.25, 0.3) is 34.2 Å². The molecule has 0 saturated carbocycles.